The highest BCUT2D eigenvalue weighted by Gasteiger charge is 1.98. The molecule has 0 saturated heterocycles. The largest absolute Gasteiger partial charge is 0.0683 e. The van der Waals surface area contributed by atoms with E-state index < -0.39 is 0 Å². The van der Waals surface area contributed by atoms with Crippen LogP contribution in [0.2, 0.25) is 0 Å². The molecular formula is C15H17Br. The van der Waals surface area contributed by atoms with Crippen LogP contribution in [-0.4, -0.2) is 0 Å². The van der Waals surface area contributed by atoms with Crippen molar-refractivity contribution in [2.24, 2.45) is 0 Å². The van der Waals surface area contributed by atoms with Gasteiger partial charge in [-0.25, -0.2) is 0 Å². The second-order valence-electron chi connectivity index (χ2n) is 3.38. The van der Waals surface area contributed by atoms with Crippen LogP contribution < -0.4 is 0 Å². The van der Waals surface area contributed by atoms with Crippen LogP contribution in [0.4, 0.5) is 0 Å². The van der Waals surface area contributed by atoms with Gasteiger partial charge < -0.3 is 0 Å². The summed E-state index contributed by atoms with van der Waals surface area (Å²) in [4.78, 5) is 0. The fraction of sp³-hybridized carbons (Fsp3) is 0.200. The molecule has 0 aromatic heterocycles. The van der Waals surface area contributed by atoms with Crippen molar-refractivity contribution in [3.63, 3.8) is 0 Å². The van der Waals surface area contributed by atoms with Crippen molar-refractivity contribution in [2.45, 2.75) is 20.8 Å². The molecule has 0 heterocycles. The van der Waals surface area contributed by atoms with Crippen molar-refractivity contribution in [1.82, 2.24) is 0 Å². The van der Waals surface area contributed by atoms with E-state index in [0.29, 0.717) is 0 Å². The van der Waals surface area contributed by atoms with Crippen LogP contribution in [0.3, 0.4) is 0 Å². The van der Waals surface area contributed by atoms with Gasteiger partial charge in [-0.15, -0.1) is 0 Å². The number of aryl methyl sites for hydroxylation is 1. The quantitative estimate of drug-likeness (QED) is 0.650. The number of halogens is 1. The van der Waals surface area contributed by atoms with Gasteiger partial charge in [-0.2, -0.15) is 0 Å². The molecule has 0 atom stereocenters. The maximum Gasteiger partial charge on any atom is 0.0184 e. The van der Waals surface area contributed by atoms with E-state index in [1.54, 1.807) is 0 Å². The lowest BCUT2D eigenvalue weighted by Gasteiger charge is -2.03. The molecule has 0 aliphatic heterocycles. The molecule has 0 nitrogen and oxygen atoms in total. The minimum Gasteiger partial charge on any atom is -0.0683 e. The minimum atomic E-state index is 1.14. The Morgan fingerprint density at radius 3 is 2.00 bits per heavy atom. The van der Waals surface area contributed by atoms with E-state index in [1.807, 2.05) is 19.9 Å². The fourth-order valence-electron chi connectivity index (χ4n) is 1.53. The number of hydrogen-bond donors (Lipinski definition) is 0. The number of benzene rings is 2. The average Bonchev–Trinajstić information content (AvgIpc) is 2.32. The molecular weight excluding hydrogens is 260 g/mol. The number of rotatable bonds is 1. The fourth-order valence-corrected chi connectivity index (χ4v) is 2.14. The minimum absolute atomic E-state index is 1.14. The summed E-state index contributed by atoms with van der Waals surface area (Å²) in [6.45, 7) is 6.11. The van der Waals surface area contributed by atoms with Gasteiger partial charge in [0.15, 0.2) is 0 Å². The van der Waals surface area contributed by atoms with Gasteiger partial charge in [0, 0.05) is 4.47 Å². The molecule has 0 spiro atoms. The van der Waals surface area contributed by atoms with Crippen LogP contribution in [0, 0.1) is 6.92 Å². The third-order valence-electron chi connectivity index (χ3n) is 2.15. The monoisotopic (exact) mass is 276 g/mol. The first kappa shape index (κ1) is 13.0. The van der Waals surface area contributed by atoms with Crippen LogP contribution in [0.25, 0.3) is 11.1 Å². The van der Waals surface area contributed by atoms with Crippen LogP contribution >= 0.6 is 15.9 Å². The molecule has 16 heavy (non-hydrogen) atoms. The summed E-state index contributed by atoms with van der Waals surface area (Å²) in [5, 5.41) is 0. The zero-order valence-corrected chi connectivity index (χ0v) is 11.6. The van der Waals surface area contributed by atoms with E-state index in [1.165, 1.54) is 16.7 Å². The molecule has 0 fully saturated rings. The van der Waals surface area contributed by atoms with Gasteiger partial charge in [0.05, 0.1) is 0 Å². The first-order chi connectivity index (χ1) is 7.75. The van der Waals surface area contributed by atoms with E-state index in [-0.39, 0.29) is 0 Å². The Morgan fingerprint density at radius 2 is 1.44 bits per heavy atom. The average molecular weight is 277 g/mol. The smallest absolute Gasteiger partial charge is 0.0184 e. The Morgan fingerprint density at radius 1 is 0.812 bits per heavy atom. The van der Waals surface area contributed by atoms with Crippen LogP contribution in [0.15, 0.2) is 53.0 Å². The molecule has 0 radical (unpaired) electrons. The van der Waals surface area contributed by atoms with Crippen LogP contribution in [-0.2, 0) is 0 Å². The van der Waals surface area contributed by atoms with E-state index in [0.717, 1.165) is 4.47 Å². The summed E-state index contributed by atoms with van der Waals surface area (Å²) >= 11 is 3.51. The normalized spacial score (nSPS) is 9.25. The standard InChI is InChI=1S/C13H11Br.C2H6/c1-10-7-12(9-13(14)8-10)11-5-3-2-4-6-11;1-2/h2-9H,1H3;1-2H3. The van der Waals surface area contributed by atoms with Gasteiger partial charge in [0.25, 0.3) is 0 Å². The Hall–Kier alpha value is -1.08. The summed E-state index contributed by atoms with van der Waals surface area (Å²) in [5.41, 5.74) is 3.80. The molecule has 0 amide bonds. The van der Waals surface area contributed by atoms with Crippen LogP contribution in [0.5, 0.6) is 0 Å². The predicted molar refractivity (Wildman–Crippen MR) is 75.7 cm³/mol. The summed E-state index contributed by atoms with van der Waals surface area (Å²) < 4.78 is 1.14. The van der Waals surface area contributed by atoms with E-state index in [9.17, 15) is 0 Å². The van der Waals surface area contributed by atoms with Gasteiger partial charge in [-0.1, -0.05) is 66.2 Å². The lowest BCUT2D eigenvalue weighted by molar-refractivity contribution is 1.45. The first-order valence-electron chi connectivity index (χ1n) is 5.58. The van der Waals surface area contributed by atoms with Gasteiger partial charge >= 0.3 is 0 Å². The Kier molecular flexibility index (Phi) is 5.27. The van der Waals surface area contributed by atoms with Crippen LogP contribution in [0.1, 0.15) is 19.4 Å². The number of hydrogen-bond acceptors (Lipinski definition) is 0. The molecule has 0 saturated carbocycles. The maximum atomic E-state index is 3.51. The Labute approximate surface area is 106 Å². The summed E-state index contributed by atoms with van der Waals surface area (Å²) in [6, 6.07) is 16.9. The predicted octanol–water partition coefficient (Wildman–Crippen LogP) is 5.45. The van der Waals surface area contributed by atoms with Gasteiger partial charge in [-0.05, 0) is 35.7 Å². The summed E-state index contributed by atoms with van der Waals surface area (Å²) in [6.07, 6.45) is 0. The SMILES string of the molecule is CC.Cc1cc(Br)cc(-c2ccccc2)c1. The third kappa shape index (κ3) is 3.49. The maximum absolute atomic E-state index is 3.51. The zero-order valence-electron chi connectivity index (χ0n) is 10.00. The molecule has 0 N–H and O–H groups in total. The second-order valence-corrected chi connectivity index (χ2v) is 4.30. The molecule has 0 aliphatic rings. The Bertz CT molecular complexity index is 412. The van der Waals surface area contributed by atoms with Gasteiger partial charge in [0.2, 0.25) is 0 Å². The lowest BCUT2D eigenvalue weighted by Crippen LogP contribution is -1.79. The zero-order chi connectivity index (χ0) is 12.0. The second kappa shape index (κ2) is 6.49. The first-order valence-corrected chi connectivity index (χ1v) is 6.37. The molecule has 0 unspecified atom stereocenters. The topological polar surface area (TPSA) is 0 Å². The highest BCUT2D eigenvalue weighted by Crippen LogP contribution is 2.24. The highest BCUT2D eigenvalue weighted by molar-refractivity contribution is 9.10. The molecule has 2 rings (SSSR count). The van der Waals surface area contributed by atoms with Gasteiger partial charge in [0.1, 0.15) is 0 Å². The molecule has 0 aliphatic carbocycles. The van der Waals surface area contributed by atoms with E-state index in [4.69, 9.17) is 0 Å². The van der Waals surface area contributed by atoms with Crippen molar-refractivity contribution in [3.05, 3.63) is 58.6 Å². The van der Waals surface area contributed by atoms with E-state index >= 15 is 0 Å². The molecule has 2 aromatic carbocycles. The van der Waals surface area contributed by atoms with Crippen molar-refractivity contribution in [3.8, 4) is 11.1 Å². The van der Waals surface area contributed by atoms with Crippen molar-refractivity contribution in [1.29, 1.82) is 0 Å². The van der Waals surface area contributed by atoms with Gasteiger partial charge in [-0.3, -0.25) is 0 Å². The van der Waals surface area contributed by atoms with Crippen molar-refractivity contribution < 1.29 is 0 Å². The van der Waals surface area contributed by atoms with E-state index in [2.05, 4.69) is 65.3 Å². The summed E-state index contributed by atoms with van der Waals surface area (Å²) in [7, 11) is 0. The third-order valence-corrected chi connectivity index (χ3v) is 2.61. The lowest BCUT2D eigenvalue weighted by atomic mass is 10.0. The van der Waals surface area contributed by atoms with Crippen molar-refractivity contribution in [2.75, 3.05) is 0 Å². The highest BCUT2D eigenvalue weighted by atomic mass is 79.9. The molecule has 1 heteroatoms. The molecule has 2 aromatic rings. The molecule has 84 valence electrons. The summed E-state index contributed by atoms with van der Waals surface area (Å²) in [5.74, 6) is 0. The Balaban J connectivity index is 0.000000606. The molecule has 0 bridgehead atoms. The van der Waals surface area contributed by atoms with Crippen molar-refractivity contribution >= 4 is 15.9 Å².